The van der Waals surface area contributed by atoms with Crippen LogP contribution in [0.4, 0.5) is 4.79 Å². The average Bonchev–Trinajstić information content (AvgIpc) is 2.00. The molecule has 0 aliphatic heterocycles. The SMILES string of the molecule is CC(C)CCNC(=O)NCC(=O)O. The number of hydrogen-bond acceptors (Lipinski definition) is 2. The van der Waals surface area contributed by atoms with E-state index in [9.17, 15) is 9.59 Å². The van der Waals surface area contributed by atoms with Crippen LogP contribution < -0.4 is 10.6 Å². The van der Waals surface area contributed by atoms with Crippen molar-refractivity contribution >= 4 is 12.0 Å². The van der Waals surface area contributed by atoms with Crippen molar-refractivity contribution < 1.29 is 14.7 Å². The Bertz CT molecular complexity index is 180. The van der Waals surface area contributed by atoms with E-state index in [-0.39, 0.29) is 6.54 Å². The van der Waals surface area contributed by atoms with Crippen molar-refractivity contribution in [2.75, 3.05) is 13.1 Å². The first-order valence-electron chi connectivity index (χ1n) is 4.26. The molecule has 3 N–H and O–H groups in total. The molecule has 0 saturated carbocycles. The van der Waals surface area contributed by atoms with Crippen LogP contribution in [0.1, 0.15) is 20.3 Å². The van der Waals surface area contributed by atoms with Gasteiger partial charge in [0, 0.05) is 6.54 Å². The molecule has 0 aromatic carbocycles. The van der Waals surface area contributed by atoms with Crippen LogP contribution in [0, 0.1) is 5.92 Å². The largest absolute Gasteiger partial charge is 0.480 e. The summed E-state index contributed by atoms with van der Waals surface area (Å²) in [6.45, 7) is 4.34. The Morgan fingerprint density at radius 1 is 1.31 bits per heavy atom. The van der Waals surface area contributed by atoms with Gasteiger partial charge in [-0.05, 0) is 12.3 Å². The summed E-state index contributed by atoms with van der Waals surface area (Å²) in [5.74, 6) is -0.515. The standard InChI is InChI=1S/C8H16N2O3/c1-6(2)3-4-9-8(13)10-5-7(11)12/h6H,3-5H2,1-2H3,(H,11,12)(H2,9,10,13). The smallest absolute Gasteiger partial charge is 0.323 e. The summed E-state index contributed by atoms with van der Waals surface area (Å²) < 4.78 is 0. The Morgan fingerprint density at radius 2 is 1.92 bits per heavy atom. The van der Waals surface area contributed by atoms with Gasteiger partial charge < -0.3 is 15.7 Å². The molecule has 0 unspecified atom stereocenters. The lowest BCUT2D eigenvalue weighted by Gasteiger charge is -2.07. The molecule has 0 radical (unpaired) electrons. The molecular weight excluding hydrogens is 172 g/mol. The first-order chi connectivity index (χ1) is 6.02. The molecule has 0 spiro atoms. The minimum absolute atomic E-state index is 0.340. The topological polar surface area (TPSA) is 78.4 Å². The second-order valence-corrected chi connectivity index (χ2v) is 3.19. The molecule has 0 aromatic rings. The highest BCUT2D eigenvalue weighted by Gasteiger charge is 2.02. The monoisotopic (exact) mass is 188 g/mol. The normalized spacial score (nSPS) is 9.77. The van der Waals surface area contributed by atoms with Gasteiger partial charge in [-0.2, -0.15) is 0 Å². The molecule has 0 aromatic heterocycles. The second-order valence-electron chi connectivity index (χ2n) is 3.19. The summed E-state index contributed by atoms with van der Waals surface area (Å²) in [6.07, 6.45) is 0.889. The van der Waals surface area contributed by atoms with E-state index in [4.69, 9.17) is 5.11 Å². The fourth-order valence-corrected chi connectivity index (χ4v) is 0.693. The molecule has 0 fully saturated rings. The van der Waals surface area contributed by atoms with Gasteiger partial charge in [0.1, 0.15) is 6.54 Å². The van der Waals surface area contributed by atoms with E-state index in [1.165, 1.54) is 0 Å². The molecule has 5 heteroatoms. The Kier molecular flexibility index (Phi) is 5.67. The number of carboxylic acids is 1. The number of nitrogens with one attached hydrogen (secondary N) is 2. The Balaban J connectivity index is 3.36. The first-order valence-corrected chi connectivity index (χ1v) is 4.26. The molecule has 13 heavy (non-hydrogen) atoms. The molecule has 0 heterocycles. The summed E-state index contributed by atoms with van der Waals surface area (Å²) in [6, 6.07) is -0.428. The number of rotatable bonds is 5. The van der Waals surface area contributed by atoms with Gasteiger partial charge in [0.05, 0.1) is 0 Å². The van der Waals surface area contributed by atoms with Crippen LogP contribution in [0.25, 0.3) is 0 Å². The third kappa shape index (κ3) is 8.65. The Hall–Kier alpha value is -1.26. The van der Waals surface area contributed by atoms with Crippen LogP contribution in [0.15, 0.2) is 0 Å². The maximum Gasteiger partial charge on any atom is 0.323 e. The average molecular weight is 188 g/mol. The number of carbonyl (C=O) groups is 2. The summed E-state index contributed by atoms with van der Waals surface area (Å²) in [4.78, 5) is 20.9. The van der Waals surface area contributed by atoms with Crippen LogP contribution in [-0.4, -0.2) is 30.2 Å². The van der Waals surface area contributed by atoms with Crippen LogP contribution in [0.5, 0.6) is 0 Å². The van der Waals surface area contributed by atoms with Crippen molar-refractivity contribution in [1.29, 1.82) is 0 Å². The van der Waals surface area contributed by atoms with Gasteiger partial charge in [0.2, 0.25) is 0 Å². The second kappa shape index (κ2) is 6.28. The van der Waals surface area contributed by atoms with Crippen molar-refractivity contribution in [3.8, 4) is 0 Å². The van der Waals surface area contributed by atoms with Crippen molar-refractivity contribution in [1.82, 2.24) is 10.6 Å². The minimum atomic E-state index is -1.04. The molecule has 0 atom stereocenters. The van der Waals surface area contributed by atoms with E-state index < -0.39 is 12.0 Å². The van der Waals surface area contributed by atoms with E-state index >= 15 is 0 Å². The maximum absolute atomic E-state index is 10.8. The summed E-state index contributed by atoms with van der Waals surface area (Å²) in [5.41, 5.74) is 0. The molecule has 2 amide bonds. The maximum atomic E-state index is 10.8. The van der Waals surface area contributed by atoms with E-state index in [0.717, 1.165) is 6.42 Å². The minimum Gasteiger partial charge on any atom is -0.480 e. The van der Waals surface area contributed by atoms with E-state index in [2.05, 4.69) is 24.5 Å². The fraction of sp³-hybridized carbons (Fsp3) is 0.750. The number of hydrogen-bond donors (Lipinski definition) is 3. The highest BCUT2D eigenvalue weighted by molar-refractivity contribution is 5.79. The van der Waals surface area contributed by atoms with Crippen molar-refractivity contribution in [3.05, 3.63) is 0 Å². The molecule has 76 valence electrons. The van der Waals surface area contributed by atoms with Gasteiger partial charge in [-0.1, -0.05) is 13.8 Å². The summed E-state index contributed by atoms with van der Waals surface area (Å²) in [7, 11) is 0. The van der Waals surface area contributed by atoms with Gasteiger partial charge in [-0.25, -0.2) is 4.79 Å². The summed E-state index contributed by atoms with van der Waals surface area (Å²) >= 11 is 0. The van der Waals surface area contributed by atoms with Crippen molar-refractivity contribution in [2.45, 2.75) is 20.3 Å². The van der Waals surface area contributed by atoms with Crippen LogP contribution in [0.3, 0.4) is 0 Å². The van der Waals surface area contributed by atoms with Crippen LogP contribution >= 0.6 is 0 Å². The number of urea groups is 1. The highest BCUT2D eigenvalue weighted by Crippen LogP contribution is 1.95. The Labute approximate surface area is 77.5 Å². The van der Waals surface area contributed by atoms with Crippen molar-refractivity contribution in [2.24, 2.45) is 5.92 Å². The first kappa shape index (κ1) is 11.7. The van der Waals surface area contributed by atoms with Crippen LogP contribution in [-0.2, 0) is 4.79 Å². The van der Waals surface area contributed by atoms with Gasteiger partial charge in [0.25, 0.3) is 0 Å². The lowest BCUT2D eigenvalue weighted by atomic mass is 10.1. The van der Waals surface area contributed by atoms with E-state index in [1.54, 1.807) is 0 Å². The number of carbonyl (C=O) groups excluding carboxylic acids is 1. The highest BCUT2D eigenvalue weighted by atomic mass is 16.4. The molecule has 0 aliphatic rings. The quantitative estimate of drug-likeness (QED) is 0.585. The van der Waals surface area contributed by atoms with Gasteiger partial charge in [-0.3, -0.25) is 4.79 Å². The number of aliphatic carboxylic acids is 1. The van der Waals surface area contributed by atoms with Gasteiger partial charge >= 0.3 is 12.0 Å². The zero-order valence-corrected chi connectivity index (χ0v) is 7.96. The zero-order chi connectivity index (χ0) is 10.3. The molecule has 0 rings (SSSR count). The molecule has 0 bridgehead atoms. The molecule has 0 saturated heterocycles. The predicted molar refractivity (Wildman–Crippen MR) is 48.5 cm³/mol. The molecule has 5 nitrogen and oxygen atoms in total. The lowest BCUT2D eigenvalue weighted by Crippen LogP contribution is -2.39. The lowest BCUT2D eigenvalue weighted by molar-refractivity contribution is -0.135. The van der Waals surface area contributed by atoms with E-state index in [0.29, 0.717) is 12.5 Å². The molecule has 0 aliphatic carbocycles. The van der Waals surface area contributed by atoms with Gasteiger partial charge in [-0.15, -0.1) is 0 Å². The van der Waals surface area contributed by atoms with E-state index in [1.807, 2.05) is 0 Å². The number of carboxylic acid groups (broad SMARTS) is 1. The Morgan fingerprint density at radius 3 is 2.38 bits per heavy atom. The third-order valence-electron chi connectivity index (χ3n) is 1.41. The zero-order valence-electron chi connectivity index (χ0n) is 7.96. The van der Waals surface area contributed by atoms with Gasteiger partial charge in [0.15, 0.2) is 0 Å². The van der Waals surface area contributed by atoms with Crippen LogP contribution in [0.2, 0.25) is 0 Å². The summed E-state index contributed by atoms with van der Waals surface area (Å²) in [5, 5.41) is 13.0. The molecular formula is C8H16N2O3. The third-order valence-corrected chi connectivity index (χ3v) is 1.41. The fourth-order valence-electron chi connectivity index (χ4n) is 0.693. The van der Waals surface area contributed by atoms with Crippen molar-refractivity contribution in [3.63, 3.8) is 0 Å². The number of amides is 2. The predicted octanol–water partition coefficient (Wildman–Crippen LogP) is 0.416.